The molecule has 0 saturated heterocycles. The van der Waals surface area contributed by atoms with Crippen LogP contribution in [0, 0.1) is 21.1 Å². The van der Waals surface area contributed by atoms with Crippen LogP contribution < -0.4 is 0 Å². The lowest BCUT2D eigenvalue weighted by Gasteiger charge is -2.07. The third-order valence-electron chi connectivity index (χ3n) is 2.99. The van der Waals surface area contributed by atoms with Gasteiger partial charge in [0.15, 0.2) is 4.77 Å². The van der Waals surface area contributed by atoms with E-state index in [1.807, 2.05) is 23.6 Å². The first-order valence-electron chi connectivity index (χ1n) is 5.73. The third-order valence-corrected chi connectivity index (χ3v) is 4.14. The first kappa shape index (κ1) is 12.8. The summed E-state index contributed by atoms with van der Waals surface area (Å²) in [5.41, 5.74) is 4.05. The molecule has 1 heterocycles. The summed E-state index contributed by atoms with van der Waals surface area (Å²) in [4.78, 5) is 3.19. The van der Waals surface area contributed by atoms with Crippen LogP contribution >= 0.6 is 34.8 Å². The Bertz CT molecular complexity index is 835. The van der Waals surface area contributed by atoms with Crippen molar-refractivity contribution in [3.05, 3.63) is 56.1 Å². The fourth-order valence-electron chi connectivity index (χ4n) is 2.13. The highest BCUT2D eigenvalue weighted by Gasteiger charge is 2.10. The number of rotatable bonds is 1. The Morgan fingerprint density at radius 1 is 1.21 bits per heavy atom. The van der Waals surface area contributed by atoms with Crippen molar-refractivity contribution in [2.45, 2.75) is 6.92 Å². The van der Waals surface area contributed by atoms with E-state index < -0.39 is 0 Å². The van der Waals surface area contributed by atoms with Gasteiger partial charge in [-0.05, 0) is 77.6 Å². The number of aromatic amines is 1. The number of benzene rings is 2. The Kier molecular flexibility index (Phi) is 3.18. The molecule has 2 nitrogen and oxygen atoms in total. The summed E-state index contributed by atoms with van der Waals surface area (Å²) in [5, 5.41) is 0. The molecule has 2 aromatic carbocycles. The molecule has 0 aliphatic rings. The van der Waals surface area contributed by atoms with Gasteiger partial charge in [0.2, 0.25) is 0 Å². The lowest BCUT2D eigenvalue weighted by Crippen LogP contribution is -1.97. The van der Waals surface area contributed by atoms with E-state index in [1.165, 1.54) is 17.7 Å². The summed E-state index contributed by atoms with van der Waals surface area (Å²) >= 11 is 7.50. The van der Waals surface area contributed by atoms with Gasteiger partial charge >= 0.3 is 0 Å². The molecule has 0 aliphatic heterocycles. The van der Waals surface area contributed by atoms with Gasteiger partial charge < -0.3 is 4.98 Å². The lowest BCUT2D eigenvalue weighted by atomic mass is 10.2. The summed E-state index contributed by atoms with van der Waals surface area (Å²) in [6, 6.07) is 10.8. The Balaban J connectivity index is 2.36. The average Bonchev–Trinajstić information content (AvgIpc) is 2.65. The van der Waals surface area contributed by atoms with Gasteiger partial charge in [0, 0.05) is 3.57 Å². The zero-order valence-electron chi connectivity index (χ0n) is 10.1. The Hall–Kier alpha value is -1.21. The van der Waals surface area contributed by atoms with Crippen LogP contribution in [0.15, 0.2) is 36.4 Å². The third kappa shape index (κ3) is 2.21. The van der Waals surface area contributed by atoms with Crippen molar-refractivity contribution < 1.29 is 4.39 Å². The predicted octanol–water partition coefficient (Wildman–Crippen LogP) is 4.74. The standard InChI is InChI=1S/C14H10FIN2S/c1-8-2-4-13-11(6-8)17-14(19)18(13)12-5-3-9(15)7-10(12)16/h2-7H,1H3,(H,17,19). The minimum Gasteiger partial charge on any atom is -0.330 e. The second-order valence-electron chi connectivity index (χ2n) is 4.38. The molecule has 0 spiro atoms. The molecule has 0 saturated carbocycles. The molecule has 96 valence electrons. The first-order valence-corrected chi connectivity index (χ1v) is 7.22. The van der Waals surface area contributed by atoms with E-state index in [1.54, 1.807) is 6.07 Å². The molecule has 3 aromatic rings. The molecule has 0 bridgehead atoms. The van der Waals surface area contributed by atoms with Gasteiger partial charge in [0.05, 0.1) is 16.7 Å². The van der Waals surface area contributed by atoms with Crippen LogP contribution in [0.5, 0.6) is 0 Å². The van der Waals surface area contributed by atoms with Crippen LogP contribution in [0.4, 0.5) is 4.39 Å². The van der Waals surface area contributed by atoms with Crippen LogP contribution in [-0.2, 0) is 0 Å². The normalized spacial score (nSPS) is 11.1. The molecule has 0 unspecified atom stereocenters. The molecule has 5 heteroatoms. The number of aromatic nitrogens is 2. The minimum absolute atomic E-state index is 0.240. The summed E-state index contributed by atoms with van der Waals surface area (Å²) in [6.07, 6.45) is 0. The lowest BCUT2D eigenvalue weighted by molar-refractivity contribution is 0.626. The van der Waals surface area contributed by atoms with E-state index in [0.717, 1.165) is 20.3 Å². The minimum atomic E-state index is -0.240. The Morgan fingerprint density at radius 2 is 2.00 bits per heavy atom. The zero-order chi connectivity index (χ0) is 13.6. The molecule has 0 aliphatic carbocycles. The number of imidazole rings is 1. The maximum atomic E-state index is 13.2. The molecule has 1 N–H and O–H groups in total. The van der Waals surface area contributed by atoms with Gasteiger partial charge in [-0.15, -0.1) is 0 Å². The van der Waals surface area contributed by atoms with Crippen molar-refractivity contribution in [1.82, 2.24) is 9.55 Å². The van der Waals surface area contributed by atoms with Crippen LogP contribution in [0.1, 0.15) is 5.56 Å². The summed E-state index contributed by atoms with van der Waals surface area (Å²) < 4.78 is 16.6. The van der Waals surface area contributed by atoms with E-state index in [9.17, 15) is 4.39 Å². The summed E-state index contributed by atoms with van der Waals surface area (Å²) in [5.74, 6) is -0.240. The number of fused-ring (bicyclic) bond motifs is 1. The van der Waals surface area contributed by atoms with Gasteiger partial charge in [-0.3, -0.25) is 4.57 Å². The van der Waals surface area contributed by atoms with Gasteiger partial charge in [-0.1, -0.05) is 6.07 Å². The molecule has 0 fully saturated rings. The largest absolute Gasteiger partial charge is 0.330 e. The van der Waals surface area contributed by atoms with Gasteiger partial charge in [0.25, 0.3) is 0 Å². The van der Waals surface area contributed by atoms with Gasteiger partial charge in [-0.2, -0.15) is 0 Å². The number of aryl methyl sites for hydroxylation is 1. The fraction of sp³-hybridized carbons (Fsp3) is 0.0714. The first-order chi connectivity index (χ1) is 9.06. The second kappa shape index (κ2) is 4.72. The van der Waals surface area contributed by atoms with Crippen LogP contribution in [0.2, 0.25) is 0 Å². The van der Waals surface area contributed by atoms with Crippen LogP contribution in [0.25, 0.3) is 16.7 Å². The predicted molar refractivity (Wildman–Crippen MR) is 85.9 cm³/mol. The second-order valence-corrected chi connectivity index (χ2v) is 5.93. The SMILES string of the molecule is Cc1ccc2c(c1)[nH]c(=S)n2-c1ccc(F)cc1I. The molecular formula is C14H10FIN2S. The van der Waals surface area contributed by atoms with E-state index in [2.05, 4.69) is 33.6 Å². The van der Waals surface area contributed by atoms with E-state index >= 15 is 0 Å². The highest BCUT2D eigenvalue weighted by Crippen LogP contribution is 2.24. The monoisotopic (exact) mass is 384 g/mol. The number of nitrogens with zero attached hydrogens (tertiary/aromatic N) is 1. The maximum absolute atomic E-state index is 13.2. The van der Waals surface area contributed by atoms with Gasteiger partial charge in [-0.25, -0.2) is 4.39 Å². The summed E-state index contributed by atoms with van der Waals surface area (Å²) in [6.45, 7) is 2.04. The van der Waals surface area contributed by atoms with E-state index in [0.29, 0.717) is 4.77 Å². The molecule has 1 aromatic heterocycles. The molecule has 19 heavy (non-hydrogen) atoms. The average molecular weight is 384 g/mol. The molecule has 3 rings (SSSR count). The zero-order valence-corrected chi connectivity index (χ0v) is 13.0. The van der Waals surface area contributed by atoms with E-state index in [4.69, 9.17) is 12.2 Å². The number of hydrogen-bond acceptors (Lipinski definition) is 1. The van der Waals surface area contributed by atoms with Crippen molar-refractivity contribution in [3.8, 4) is 5.69 Å². The quantitative estimate of drug-likeness (QED) is 0.475. The molecule has 0 amide bonds. The maximum Gasteiger partial charge on any atom is 0.182 e. The van der Waals surface area contributed by atoms with Crippen molar-refractivity contribution in [3.63, 3.8) is 0 Å². The van der Waals surface area contributed by atoms with Crippen molar-refractivity contribution in [2.75, 3.05) is 0 Å². The van der Waals surface area contributed by atoms with Crippen molar-refractivity contribution in [1.29, 1.82) is 0 Å². The number of nitrogens with one attached hydrogen (secondary N) is 1. The number of H-pyrrole nitrogens is 1. The molecule has 0 atom stereocenters. The van der Waals surface area contributed by atoms with E-state index in [-0.39, 0.29) is 5.82 Å². The smallest absolute Gasteiger partial charge is 0.182 e. The van der Waals surface area contributed by atoms with Crippen LogP contribution in [0.3, 0.4) is 0 Å². The molecular weight excluding hydrogens is 374 g/mol. The van der Waals surface area contributed by atoms with Gasteiger partial charge in [0.1, 0.15) is 5.82 Å². The number of hydrogen-bond donors (Lipinski definition) is 1. The highest BCUT2D eigenvalue weighted by molar-refractivity contribution is 14.1. The fourth-order valence-corrected chi connectivity index (χ4v) is 3.15. The topological polar surface area (TPSA) is 20.7 Å². The van der Waals surface area contributed by atoms with Crippen LogP contribution in [-0.4, -0.2) is 9.55 Å². The number of halogens is 2. The van der Waals surface area contributed by atoms with Crippen molar-refractivity contribution >= 4 is 45.8 Å². The summed E-state index contributed by atoms with van der Waals surface area (Å²) in [7, 11) is 0. The highest BCUT2D eigenvalue weighted by atomic mass is 127. The van der Waals surface area contributed by atoms with Crippen molar-refractivity contribution in [2.24, 2.45) is 0 Å². The molecule has 0 radical (unpaired) electrons. The Labute approximate surface area is 128 Å². The Morgan fingerprint density at radius 3 is 2.74 bits per heavy atom.